The molecule has 1 saturated carbocycles. The molecule has 1 aromatic heterocycles. The molecular formula is C19H33N5O2. The van der Waals surface area contributed by atoms with Crippen molar-refractivity contribution in [1.29, 1.82) is 0 Å². The summed E-state index contributed by atoms with van der Waals surface area (Å²) in [7, 11) is 1.82. The van der Waals surface area contributed by atoms with Crippen molar-refractivity contribution in [2.45, 2.75) is 51.7 Å². The van der Waals surface area contributed by atoms with Gasteiger partial charge in [-0.3, -0.25) is 9.89 Å². The lowest BCUT2D eigenvalue weighted by molar-refractivity contribution is 0.0866. The molecule has 1 unspecified atom stereocenters. The Bertz CT molecular complexity index is 574. The van der Waals surface area contributed by atoms with Gasteiger partial charge in [0.15, 0.2) is 5.96 Å². The van der Waals surface area contributed by atoms with Crippen LogP contribution in [0.5, 0.6) is 0 Å². The first kappa shape index (κ1) is 19.2. The lowest BCUT2D eigenvalue weighted by atomic mass is 9.85. The zero-order chi connectivity index (χ0) is 18.4. The molecule has 0 radical (unpaired) electrons. The van der Waals surface area contributed by atoms with Gasteiger partial charge in [0, 0.05) is 52.4 Å². The first-order valence-corrected chi connectivity index (χ1v) is 9.94. The molecular weight excluding hydrogens is 330 g/mol. The smallest absolute Gasteiger partial charge is 0.193 e. The Morgan fingerprint density at radius 3 is 2.65 bits per heavy atom. The quantitative estimate of drug-likeness (QED) is 0.611. The minimum Gasteiger partial charge on any atom is -0.391 e. The van der Waals surface area contributed by atoms with Gasteiger partial charge in [-0.15, -0.1) is 0 Å². The Morgan fingerprint density at radius 2 is 2.04 bits per heavy atom. The molecule has 7 nitrogen and oxygen atoms in total. The zero-order valence-corrected chi connectivity index (χ0v) is 16.2. The molecule has 2 fully saturated rings. The van der Waals surface area contributed by atoms with Crippen LogP contribution >= 0.6 is 0 Å². The van der Waals surface area contributed by atoms with Gasteiger partial charge in [0.2, 0.25) is 0 Å². The van der Waals surface area contributed by atoms with Gasteiger partial charge in [0.25, 0.3) is 0 Å². The number of hydrogen-bond donors (Lipinski definition) is 2. The number of aromatic nitrogens is 1. The van der Waals surface area contributed by atoms with Crippen molar-refractivity contribution < 1.29 is 9.63 Å². The largest absolute Gasteiger partial charge is 0.391 e. The van der Waals surface area contributed by atoms with E-state index < -0.39 is 0 Å². The van der Waals surface area contributed by atoms with Gasteiger partial charge in [0.1, 0.15) is 5.76 Å². The molecule has 1 aliphatic carbocycles. The third-order valence-corrected chi connectivity index (χ3v) is 5.61. The number of aliphatic imine (C=N–C) groups is 1. The summed E-state index contributed by atoms with van der Waals surface area (Å²) in [5.41, 5.74) is 0.995. The van der Waals surface area contributed by atoms with Crippen molar-refractivity contribution in [3.63, 3.8) is 0 Å². The highest BCUT2D eigenvalue weighted by Crippen LogP contribution is 2.26. The summed E-state index contributed by atoms with van der Waals surface area (Å²) < 4.78 is 5.15. The lowest BCUT2D eigenvalue weighted by Crippen LogP contribution is -2.53. The molecule has 1 aliphatic heterocycles. The van der Waals surface area contributed by atoms with Crippen LogP contribution in [0.15, 0.2) is 15.6 Å². The van der Waals surface area contributed by atoms with Crippen LogP contribution in [0.2, 0.25) is 0 Å². The molecule has 1 saturated heterocycles. The van der Waals surface area contributed by atoms with Crippen LogP contribution < -0.4 is 5.32 Å². The molecule has 0 bridgehead atoms. The maximum absolute atomic E-state index is 10.5. The van der Waals surface area contributed by atoms with E-state index in [0.717, 1.165) is 63.0 Å². The highest BCUT2D eigenvalue weighted by molar-refractivity contribution is 5.80. The summed E-state index contributed by atoms with van der Waals surface area (Å²) in [4.78, 5) is 9.08. The maximum Gasteiger partial charge on any atom is 0.193 e. The second kappa shape index (κ2) is 9.37. The Morgan fingerprint density at radius 1 is 1.31 bits per heavy atom. The van der Waals surface area contributed by atoms with E-state index in [2.05, 4.69) is 25.3 Å². The van der Waals surface area contributed by atoms with Gasteiger partial charge < -0.3 is 19.8 Å². The fourth-order valence-electron chi connectivity index (χ4n) is 4.05. The fraction of sp³-hybridized carbons (Fsp3) is 0.789. The molecule has 146 valence electrons. The number of aryl methyl sites for hydroxylation is 1. The average Bonchev–Trinajstić information content (AvgIpc) is 3.08. The van der Waals surface area contributed by atoms with E-state index in [1.807, 2.05) is 20.0 Å². The fourth-order valence-corrected chi connectivity index (χ4v) is 4.05. The number of hydrogen-bond acceptors (Lipinski definition) is 5. The molecule has 7 heteroatoms. The van der Waals surface area contributed by atoms with Gasteiger partial charge in [0.05, 0.1) is 11.8 Å². The van der Waals surface area contributed by atoms with Crippen LogP contribution in [-0.4, -0.2) is 71.9 Å². The van der Waals surface area contributed by atoms with Gasteiger partial charge >= 0.3 is 0 Å². The van der Waals surface area contributed by atoms with E-state index in [0.29, 0.717) is 12.5 Å². The summed E-state index contributed by atoms with van der Waals surface area (Å²) in [5, 5.41) is 17.9. The van der Waals surface area contributed by atoms with Crippen molar-refractivity contribution in [3.05, 3.63) is 17.5 Å². The predicted octanol–water partition coefficient (Wildman–Crippen LogP) is 1.62. The standard InChI is InChI=1S/C19H33N5O2/c1-15-12-17(22-26-15)14-23-8-10-24(11-9-23)19(20-2)21-13-18(25)16-6-4-3-5-7-16/h12,16,18,25H,3-11,13-14H2,1-2H3,(H,20,21). The zero-order valence-electron chi connectivity index (χ0n) is 16.2. The van der Waals surface area contributed by atoms with Crippen LogP contribution in [-0.2, 0) is 6.54 Å². The topological polar surface area (TPSA) is 77.1 Å². The Labute approximate surface area is 156 Å². The van der Waals surface area contributed by atoms with Crippen LogP contribution in [0.25, 0.3) is 0 Å². The first-order chi connectivity index (χ1) is 12.7. The highest BCUT2D eigenvalue weighted by atomic mass is 16.5. The molecule has 1 atom stereocenters. The molecule has 0 amide bonds. The van der Waals surface area contributed by atoms with E-state index in [1.165, 1.54) is 19.3 Å². The summed E-state index contributed by atoms with van der Waals surface area (Å²) in [6, 6.07) is 2.00. The van der Waals surface area contributed by atoms with Crippen molar-refractivity contribution in [2.75, 3.05) is 39.8 Å². The number of guanidine groups is 1. The van der Waals surface area contributed by atoms with Gasteiger partial charge in [-0.2, -0.15) is 0 Å². The third-order valence-electron chi connectivity index (χ3n) is 5.61. The lowest BCUT2D eigenvalue weighted by Gasteiger charge is -2.36. The van der Waals surface area contributed by atoms with E-state index in [-0.39, 0.29) is 6.10 Å². The normalized spacial score (nSPS) is 21.8. The molecule has 0 aromatic carbocycles. The van der Waals surface area contributed by atoms with Crippen molar-refractivity contribution in [1.82, 2.24) is 20.3 Å². The second-order valence-corrected chi connectivity index (χ2v) is 7.59. The number of piperazine rings is 1. The molecule has 2 N–H and O–H groups in total. The third kappa shape index (κ3) is 5.20. The van der Waals surface area contributed by atoms with E-state index in [9.17, 15) is 5.11 Å². The summed E-state index contributed by atoms with van der Waals surface area (Å²) >= 11 is 0. The van der Waals surface area contributed by atoms with Crippen molar-refractivity contribution in [2.24, 2.45) is 10.9 Å². The molecule has 1 aromatic rings. The average molecular weight is 364 g/mol. The SMILES string of the molecule is CN=C(NCC(O)C1CCCCC1)N1CCN(Cc2cc(C)on2)CC1. The molecule has 26 heavy (non-hydrogen) atoms. The van der Waals surface area contributed by atoms with Crippen LogP contribution in [0.1, 0.15) is 43.6 Å². The number of rotatable bonds is 5. The summed E-state index contributed by atoms with van der Waals surface area (Å²) in [5.74, 6) is 2.20. The number of nitrogens with one attached hydrogen (secondary N) is 1. The van der Waals surface area contributed by atoms with E-state index in [4.69, 9.17) is 4.52 Å². The van der Waals surface area contributed by atoms with E-state index in [1.54, 1.807) is 0 Å². The predicted molar refractivity (Wildman–Crippen MR) is 102 cm³/mol. The van der Waals surface area contributed by atoms with Crippen molar-refractivity contribution in [3.8, 4) is 0 Å². The van der Waals surface area contributed by atoms with Gasteiger partial charge in [-0.25, -0.2) is 0 Å². The van der Waals surface area contributed by atoms with Crippen molar-refractivity contribution >= 4 is 5.96 Å². The van der Waals surface area contributed by atoms with Gasteiger partial charge in [-0.1, -0.05) is 24.4 Å². The minimum absolute atomic E-state index is 0.274. The minimum atomic E-state index is -0.274. The van der Waals surface area contributed by atoms with Crippen LogP contribution in [0.4, 0.5) is 0 Å². The number of aliphatic hydroxyl groups excluding tert-OH is 1. The number of aliphatic hydroxyl groups is 1. The Hall–Kier alpha value is -1.60. The maximum atomic E-state index is 10.5. The Kier molecular flexibility index (Phi) is 6.91. The summed E-state index contributed by atoms with van der Waals surface area (Å²) in [6.45, 7) is 7.14. The number of nitrogens with zero attached hydrogens (tertiary/aromatic N) is 4. The van der Waals surface area contributed by atoms with Gasteiger partial charge in [-0.05, 0) is 25.7 Å². The summed E-state index contributed by atoms with van der Waals surface area (Å²) in [6.07, 6.45) is 5.86. The first-order valence-electron chi connectivity index (χ1n) is 9.94. The second-order valence-electron chi connectivity index (χ2n) is 7.59. The molecule has 2 aliphatic rings. The molecule has 0 spiro atoms. The van der Waals surface area contributed by atoms with E-state index >= 15 is 0 Å². The highest BCUT2D eigenvalue weighted by Gasteiger charge is 2.24. The molecule has 2 heterocycles. The molecule has 3 rings (SSSR count). The van der Waals surface area contributed by atoms with Crippen LogP contribution in [0, 0.1) is 12.8 Å². The Balaban J connectivity index is 1.41. The van der Waals surface area contributed by atoms with Crippen LogP contribution in [0.3, 0.4) is 0 Å². The monoisotopic (exact) mass is 363 g/mol.